The molecule has 0 bridgehead atoms. The van der Waals surface area contributed by atoms with E-state index in [0.717, 1.165) is 40.7 Å². The average Bonchev–Trinajstić information content (AvgIpc) is 3.74. The van der Waals surface area contributed by atoms with E-state index in [4.69, 9.17) is 9.97 Å². The summed E-state index contributed by atoms with van der Waals surface area (Å²) < 4.78 is 3.58. The second-order valence-corrected chi connectivity index (χ2v) is 14.0. The fourth-order valence-electron chi connectivity index (χ4n) is 7.52. The summed E-state index contributed by atoms with van der Waals surface area (Å²) >= 11 is 1.95. The summed E-state index contributed by atoms with van der Waals surface area (Å²) in [5, 5.41) is 3.76. The van der Waals surface area contributed by atoms with Crippen molar-refractivity contribution in [2.24, 2.45) is 0 Å². The maximum Gasteiger partial charge on any atom is 0.235 e. The van der Waals surface area contributed by atoms with E-state index in [1.807, 2.05) is 23.6 Å². The summed E-state index contributed by atoms with van der Waals surface area (Å²) in [5.74, 6) is 0.666. The second kappa shape index (κ2) is 11.8. The fourth-order valence-corrected chi connectivity index (χ4v) is 8.85. The summed E-state index contributed by atoms with van der Waals surface area (Å²) in [4.78, 5) is 11.5. The standard InChI is InChI=1S/C46H31N3S/c1-2-10-30(11-3-1)31-20-22-32(23-21-31)33-12-8-13-35(28-33)41-26-27-47-46(48-41)49-42-18-6-4-14-37(42)40-29-34(24-25-43(40)49)36-16-9-17-39-38-15-5-7-19-44(38)50-45(36)39/h1-6,8-18,20-29H,7,19H2. The molecule has 6 aromatic carbocycles. The number of allylic oxidation sites excluding steroid dienone is 1. The lowest BCUT2D eigenvalue weighted by atomic mass is 9.98. The Morgan fingerprint density at radius 3 is 2.14 bits per heavy atom. The van der Waals surface area contributed by atoms with Gasteiger partial charge in [0.2, 0.25) is 5.95 Å². The van der Waals surface area contributed by atoms with E-state index in [1.165, 1.54) is 59.1 Å². The van der Waals surface area contributed by atoms with Gasteiger partial charge in [-0.15, -0.1) is 11.3 Å². The zero-order valence-electron chi connectivity index (χ0n) is 27.3. The maximum absolute atomic E-state index is 5.18. The third-order valence-corrected chi connectivity index (χ3v) is 11.3. The molecule has 9 aromatic rings. The molecule has 1 aliphatic carbocycles. The van der Waals surface area contributed by atoms with Crippen molar-refractivity contribution in [3.05, 3.63) is 168 Å². The van der Waals surface area contributed by atoms with E-state index in [0.29, 0.717) is 5.95 Å². The highest BCUT2D eigenvalue weighted by Crippen LogP contribution is 2.42. The minimum atomic E-state index is 0.666. The van der Waals surface area contributed by atoms with Crippen molar-refractivity contribution < 1.29 is 0 Å². The molecule has 3 nitrogen and oxygen atoms in total. The van der Waals surface area contributed by atoms with Crippen molar-refractivity contribution in [2.45, 2.75) is 12.8 Å². The van der Waals surface area contributed by atoms with Gasteiger partial charge in [-0.2, -0.15) is 0 Å². The van der Waals surface area contributed by atoms with Crippen molar-refractivity contribution in [1.29, 1.82) is 0 Å². The molecule has 0 N–H and O–H groups in total. The van der Waals surface area contributed by atoms with Gasteiger partial charge < -0.3 is 0 Å². The molecular weight excluding hydrogens is 627 g/mol. The van der Waals surface area contributed by atoms with Gasteiger partial charge in [0.05, 0.1) is 16.7 Å². The lowest BCUT2D eigenvalue weighted by Crippen LogP contribution is -2.01. The zero-order chi connectivity index (χ0) is 33.0. The van der Waals surface area contributed by atoms with Crippen molar-refractivity contribution >= 4 is 49.3 Å². The molecule has 50 heavy (non-hydrogen) atoms. The zero-order valence-corrected chi connectivity index (χ0v) is 28.1. The van der Waals surface area contributed by atoms with Crippen molar-refractivity contribution in [1.82, 2.24) is 14.5 Å². The molecule has 0 saturated carbocycles. The van der Waals surface area contributed by atoms with Crippen LogP contribution >= 0.6 is 11.3 Å². The van der Waals surface area contributed by atoms with E-state index in [-0.39, 0.29) is 0 Å². The molecule has 0 unspecified atom stereocenters. The van der Waals surface area contributed by atoms with Crippen LogP contribution in [-0.4, -0.2) is 14.5 Å². The summed E-state index contributed by atoms with van der Waals surface area (Å²) in [6.07, 6.45) is 8.74. The Hall–Kier alpha value is -6.10. The third-order valence-electron chi connectivity index (χ3n) is 9.96. The lowest BCUT2D eigenvalue weighted by Gasteiger charge is -2.10. The molecule has 3 aromatic heterocycles. The van der Waals surface area contributed by atoms with Gasteiger partial charge in [-0.1, -0.05) is 127 Å². The van der Waals surface area contributed by atoms with Crippen LogP contribution in [0.5, 0.6) is 0 Å². The third kappa shape index (κ3) is 4.80. The first-order chi connectivity index (χ1) is 24.8. The number of rotatable bonds is 5. The number of hydrogen-bond donors (Lipinski definition) is 0. The van der Waals surface area contributed by atoms with Crippen LogP contribution in [0.15, 0.2) is 158 Å². The van der Waals surface area contributed by atoms with E-state index < -0.39 is 0 Å². The summed E-state index contributed by atoms with van der Waals surface area (Å²) in [6, 6.07) is 52.1. The van der Waals surface area contributed by atoms with Gasteiger partial charge in [-0.05, 0) is 82.1 Å². The Labute approximate surface area is 294 Å². The van der Waals surface area contributed by atoms with Crippen LogP contribution in [-0.2, 0) is 6.42 Å². The van der Waals surface area contributed by atoms with E-state index in [2.05, 4.69) is 156 Å². The van der Waals surface area contributed by atoms with Gasteiger partial charge >= 0.3 is 0 Å². The highest BCUT2D eigenvalue weighted by molar-refractivity contribution is 7.20. The van der Waals surface area contributed by atoms with Gasteiger partial charge in [0.1, 0.15) is 0 Å². The molecule has 0 spiro atoms. The van der Waals surface area contributed by atoms with Crippen LogP contribution in [0.1, 0.15) is 16.9 Å². The Kier molecular flexibility index (Phi) is 6.81. The van der Waals surface area contributed by atoms with Crippen molar-refractivity contribution in [3.8, 4) is 50.6 Å². The van der Waals surface area contributed by atoms with Gasteiger partial charge in [-0.3, -0.25) is 4.57 Å². The van der Waals surface area contributed by atoms with E-state index in [9.17, 15) is 0 Å². The number of aromatic nitrogens is 3. The van der Waals surface area contributed by atoms with Crippen LogP contribution in [0, 0.1) is 0 Å². The van der Waals surface area contributed by atoms with Gasteiger partial charge in [0, 0.05) is 37.5 Å². The van der Waals surface area contributed by atoms with Gasteiger partial charge in [-0.25, -0.2) is 9.97 Å². The second-order valence-electron chi connectivity index (χ2n) is 12.9. The number of thiophene rings is 1. The predicted octanol–water partition coefficient (Wildman–Crippen LogP) is 12.4. The predicted molar refractivity (Wildman–Crippen MR) is 211 cm³/mol. The first-order valence-electron chi connectivity index (χ1n) is 17.1. The van der Waals surface area contributed by atoms with E-state index >= 15 is 0 Å². The average molecular weight is 658 g/mol. The highest BCUT2D eigenvalue weighted by Gasteiger charge is 2.19. The van der Waals surface area contributed by atoms with Crippen LogP contribution in [0.25, 0.3) is 88.6 Å². The number of hydrogen-bond acceptors (Lipinski definition) is 3. The monoisotopic (exact) mass is 657 g/mol. The molecule has 0 atom stereocenters. The molecular formula is C46H31N3S. The number of benzene rings is 6. The SMILES string of the molecule is C1=Cc2c(sc3c(-c4ccc5c(c4)c4ccccc4n5-c4nccc(-c5cccc(-c6ccc(-c7ccccc7)cc6)c5)n4)cccc23)CC1. The van der Waals surface area contributed by atoms with E-state index in [1.54, 1.807) is 0 Å². The normalized spacial score (nSPS) is 12.6. The topological polar surface area (TPSA) is 30.7 Å². The first-order valence-corrected chi connectivity index (χ1v) is 17.9. The number of fused-ring (bicyclic) bond motifs is 6. The Bertz CT molecular complexity index is 2750. The fraction of sp³-hybridized carbons (Fsp3) is 0.0435. The van der Waals surface area contributed by atoms with Crippen molar-refractivity contribution in [2.75, 3.05) is 0 Å². The molecule has 1 aliphatic rings. The first kappa shape index (κ1) is 28.9. The Morgan fingerprint density at radius 1 is 0.540 bits per heavy atom. The van der Waals surface area contributed by atoms with Crippen LogP contribution < -0.4 is 0 Å². The number of nitrogens with zero attached hydrogens (tertiary/aromatic N) is 3. The van der Waals surface area contributed by atoms with Crippen molar-refractivity contribution in [3.63, 3.8) is 0 Å². The Morgan fingerprint density at radius 2 is 1.24 bits per heavy atom. The molecule has 236 valence electrons. The van der Waals surface area contributed by atoms with Crippen LogP contribution in [0.3, 0.4) is 0 Å². The number of aryl methyl sites for hydroxylation is 1. The molecule has 3 heterocycles. The molecule has 0 aliphatic heterocycles. The largest absolute Gasteiger partial charge is 0.278 e. The van der Waals surface area contributed by atoms with Gasteiger partial charge in [0.15, 0.2) is 0 Å². The Balaban J connectivity index is 1.05. The highest BCUT2D eigenvalue weighted by atomic mass is 32.1. The molecule has 10 rings (SSSR count). The van der Waals surface area contributed by atoms with Crippen LogP contribution in [0.2, 0.25) is 0 Å². The molecule has 0 fully saturated rings. The van der Waals surface area contributed by atoms with Crippen LogP contribution in [0.4, 0.5) is 0 Å². The quantitative estimate of drug-likeness (QED) is 0.184. The number of para-hydroxylation sites is 1. The lowest BCUT2D eigenvalue weighted by molar-refractivity contribution is 0.992. The maximum atomic E-state index is 5.18. The summed E-state index contributed by atoms with van der Waals surface area (Å²) in [7, 11) is 0. The summed E-state index contributed by atoms with van der Waals surface area (Å²) in [5.41, 5.74) is 12.8. The molecule has 0 amide bonds. The minimum absolute atomic E-state index is 0.666. The minimum Gasteiger partial charge on any atom is -0.278 e. The molecule has 4 heteroatoms. The molecule has 0 saturated heterocycles. The smallest absolute Gasteiger partial charge is 0.235 e. The molecule has 0 radical (unpaired) electrons. The van der Waals surface area contributed by atoms with Gasteiger partial charge in [0.25, 0.3) is 0 Å². The summed E-state index contributed by atoms with van der Waals surface area (Å²) in [6.45, 7) is 0.